The Morgan fingerprint density at radius 1 is 1.15 bits per heavy atom. The van der Waals surface area contributed by atoms with Crippen LogP contribution in [0.3, 0.4) is 0 Å². The normalized spacial score (nSPS) is 13.4. The number of hydrogen-bond donors (Lipinski definition) is 1. The lowest BCUT2D eigenvalue weighted by molar-refractivity contribution is 0.147. The average Bonchev–Trinajstić information content (AvgIpc) is 3.17. The fraction of sp³-hybridized carbons (Fsp3) is 0.320. The number of rotatable bonds is 8. The minimum atomic E-state index is -3.34. The first kappa shape index (κ1) is 24.5. The third-order valence-electron chi connectivity index (χ3n) is 5.54. The highest BCUT2D eigenvalue weighted by Crippen LogP contribution is 2.41. The number of aromatic amines is 1. The molecule has 1 N–H and O–H groups in total. The largest absolute Gasteiger partial charge is 0.486 e. The number of nitrogens with zero attached hydrogens (tertiary/aromatic N) is 1. The number of ether oxygens (including phenoxy) is 1. The van der Waals surface area contributed by atoms with Crippen molar-refractivity contribution in [2.75, 3.05) is 25.7 Å². The minimum Gasteiger partial charge on any atom is -0.486 e. The van der Waals surface area contributed by atoms with Gasteiger partial charge in [0.1, 0.15) is 17.5 Å². The summed E-state index contributed by atoms with van der Waals surface area (Å²) in [6, 6.07) is 12.9. The molecule has 0 aliphatic heterocycles. The highest BCUT2D eigenvalue weighted by molar-refractivity contribution is 7.91. The summed E-state index contributed by atoms with van der Waals surface area (Å²) in [6.07, 6.45) is 1.46. The summed E-state index contributed by atoms with van der Waals surface area (Å²) in [6.45, 7) is 8.83. The summed E-state index contributed by atoms with van der Waals surface area (Å²) in [5, 5.41) is 1.83. The molecule has 4 aromatic rings. The average molecular weight is 501 g/mol. The molecule has 4 rings (SSSR count). The predicted molar refractivity (Wildman–Crippen MR) is 137 cm³/mol. The summed E-state index contributed by atoms with van der Waals surface area (Å²) in [4.78, 5) is 8.21. The van der Waals surface area contributed by atoms with Gasteiger partial charge >= 0.3 is 0 Å². The Morgan fingerprint density at radius 3 is 2.62 bits per heavy atom. The highest BCUT2D eigenvalue weighted by Gasteiger charge is 2.19. The van der Waals surface area contributed by atoms with E-state index in [4.69, 9.17) is 9.26 Å². The van der Waals surface area contributed by atoms with Gasteiger partial charge in [0.15, 0.2) is 17.2 Å². The number of sulfone groups is 1. The quantitative estimate of drug-likeness (QED) is 0.307. The maximum atomic E-state index is 12.5. The van der Waals surface area contributed by atoms with E-state index in [9.17, 15) is 13.0 Å². The summed E-state index contributed by atoms with van der Waals surface area (Å²) in [5.41, 5.74) is 4.16. The molecule has 0 saturated carbocycles. The van der Waals surface area contributed by atoms with E-state index in [2.05, 4.69) is 16.0 Å². The third kappa shape index (κ3) is 5.04. The lowest BCUT2D eigenvalue weighted by Gasteiger charge is -2.18. The second-order valence-electron chi connectivity index (χ2n) is 8.80. The molecule has 0 amide bonds. The molecule has 180 valence electrons. The Hall–Kier alpha value is -2.67. The van der Waals surface area contributed by atoms with E-state index >= 15 is 0 Å². The van der Waals surface area contributed by atoms with Gasteiger partial charge < -0.3 is 14.2 Å². The van der Waals surface area contributed by atoms with Crippen LogP contribution in [0, 0.1) is 6.92 Å². The van der Waals surface area contributed by atoms with E-state index in [1.54, 1.807) is 44.6 Å². The molecule has 0 aliphatic rings. The number of aryl methyl sites for hydroxylation is 1. The predicted octanol–water partition coefficient (Wildman–Crippen LogP) is 5.81. The smallest absolute Gasteiger partial charge is 0.197 e. The van der Waals surface area contributed by atoms with Crippen LogP contribution < -0.4 is 4.74 Å². The van der Waals surface area contributed by atoms with Crippen molar-refractivity contribution < 1.29 is 22.2 Å². The van der Waals surface area contributed by atoms with Crippen LogP contribution in [-0.4, -0.2) is 50.2 Å². The molecule has 7 nitrogen and oxygen atoms in total. The van der Waals surface area contributed by atoms with Gasteiger partial charge in [0.05, 0.1) is 22.8 Å². The maximum absolute atomic E-state index is 12.5. The fourth-order valence-corrected chi connectivity index (χ4v) is 5.36. The molecule has 0 fully saturated rings. The summed E-state index contributed by atoms with van der Waals surface area (Å²) >= 11 is 0. The van der Waals surface area contributed by atoms with Crippen LogP contribution in [0.2, 0.25) is 0 Å². The topological polar surface area (TPSA) is 98.4 Å². The van der Waals surface area contributed by atoms with Gasteiger partial charge in [-0.05, 0) is 60.9 Å². The van der Waals surface area contributed by atoms with Crippen LogP contribution >= 0.6 is 7.37 Å². The van der Waals surface area contributed by atoms with Crippen molar-refractivity contribution in [3.8, 4) is 16.9 Å². The first-order valence-corrected chi connectivity index (χ1v) is 15.3. The van der Waals surface area contributed by atoms with Gasteiger partial charge in [-0.25, -0.2) is 13.4 Å². The Balaban J connectivity index is 1.87. The van der Waals surface area contributed by atoms with Crippen LogP contribution in [0.5, 0.6) is 5.75 Å². The molecule has 0 bridgehead atoms. The lowest BCUT2D eigenvalue weighted by Crippen LogP contribution is -2.18. The second-order valence-corrected chi connectivity index (χ2v) is 13.8. The van der Waals surface area contributed by atoms with Crippen LogP contribution in [0.4, 0.5) is 0 Å². The molecule has 0 saturated heterocycles. The molecule has 2 aromatic carbocycles. The van der Waals surface area contributed by atoms with Crippen LogP contribution in [0.25, 0.3) is 33.1 Å². The molecule has 0 spiro atoms. The molecule has 2 aromatic heterocycles. The third-order valence-corrected chi connectivity index (χ3v) is 8.04. The molecule has 0 unspecified atom stereocenters. The van der Waals surface area contributed by atoms with E-state index in [0.29, 0.717) is 16.3 Å². The van der Waals surface area contributed by atoms with E-state index in [1.165, 1.54) is 0 Å². The maximum Gasteiger partial charge on any atom is 0.197 e. The zero-order valence-electron chi connectivity index (χ0n) is 20.0. The van der Waals surface area contributed by atoms with Crippen molar-refractivity contribution in [1.82, 2.24) is 9.97 Å². The number of aromatic nitrogens is 2. The number of hydrogen-bond acceptors (Lipinski definition) is 6. The molecule has 34 heavy (non-hydrogen) atoms. The van der Waals surface area contributed by atoms with Crippen molar-refractivity contribution in [1.29, 1.82) is 0 Å². The molecule has 2 heterocycles. The number of nitrogens with one attached hydrogen (secondary N) is 1. The van der Waals surface area contributed by atoms with Crippen LogP contribution in [0.15, 0.2) is 53.6 Å². The zero-order valence-corrected chi connectivity index (χ0v) is 21.7. The van der Waals surface area contributed by atoms with Crippen LogP contribution in [-0.2, 0) is 18.9 Å². The minimum absolute atomic E-state index is 0.0389. The molecular formula is C25H29N2O5PS. The van der Waals surface area contributed by atoms with E-state index < -0.39 is 17.2 Å². The van der Waals surface area contributed by atoms with Crippen molar-refractivity contribution in [3.63, 3.8) is 0 Å². The molecule has 0 radical (unpaired) electrons. The SMILES string of the molecule is CCS(=O)(=O)c1cccc(-c2ccc(O[C@@H](C)COP(C)(C)=O)c3[nH]c4ncc(C)cc4c23)c1. The first-order chi connectivity index (χ1) is 16.0. The zero-order chi connectivity index (χ0) is 24.7. The Kier molecular flexibility index (Phi) is 6.60. The van der Waals surface area contributed by atoms with Crippen molar-refractivity contribution >= 4 is 39.1 Å². The van der Waals surface area contributed by atoms with E-state index in [-0.39, 0.29) is 18.5 Å². The second kappa shape index (κ2) is 9.17. The van der Waals surface area contributed by atoms with Gasteiger partial charge in [-0.3, -0.25) is 4.57 Å². The van der Waals surface area contributed by atoms with E-state index in [0.717, 1.165) is 33.0 Å². The Labute approximate surface area is 199 Å². The van der Waals surface area contributed by atoms with Gasteiger partial charge in [0.2, 0.25) is 0 Å². The highest BCUT2D eigenvalue weighted by atomic mass is 32.2. The van der Waals surface area contributed by atoms with Gasteiger partial charge in [-0.1, -0.05) is 19.1 Å². The summed E-state index contributed by atoms with van der Waals surface area (Å²) in [7, 11) is -5.96. The van der Waals surface area contributed by atoms with Crippen LogP contribution in [0.1, 0.15) is 19.4 Å². The molecule has 1 atom stereocenters. The summed E-state index contributed by atoms with van der Waals surface area (Å²) in [5.74, 6) is 0.655. The molecule has 9 heteroatoms. The van der Waals surface area contributed by atoms with Crippen molar-refractivity contribution in [2.24, 2.45) is 0 Å². The van der Waals surface area contributed by atoms with Gasteiger partial charge in [-0.15, -0.1) is 0 Å². The Bertz CT molecular complexity index is 1520. The number of fused-ring (bicyclic) bond motifs is 3. The van der Waals surface area contributed by atoms with Gasteiger partial charge in [-0.2, -0.15) is 0 Å². The standard InChI is InChI=1S/C25H29N2O5PS/c1-6-34(29,30)19-9-7-8-18(13-19)20-10-11-22(32-17(3)15-31-33(4,5)28)24-23(20)21-12-16(2)14-26-25(21)27-24/h7-14,17H,6,15H2,1-5H3,(H,26,27)/t17-/m0/s1. The van der Waals surface area contributed by atoms with Gasteiger partial charge in [0, 0.05) is 30.3 Å². The number of benzene rings is 2. The van der Waals surface area contributed by atoms with Gasteiger partial charge in [0.25, 0.3) is 0 Å². The Morgan fingerprint density at radius 2 is 1.91 bits per heavy atom. The van der Waals surface area contributed by atoms with Crippen molar-refractivity contribution in [3.05, 3.63) is 54.2 Å². The monoisotopic (exact) mass is 500 g/mol. The molecular weight excluding hydrogens is 471 g/mol. The number of H-pyrrole nitrogens is 1. The number of pyridine rings is 1. The molecule has 0 aliphatic carbocycles. The van der Waals surface area contributed by atoms with Crippen molar-refractivity contribution in [2.45, 2.75) is 31.8 Å². The lowest BCUT2D eigenvalue weighted by atomic mass is 9.99. The fourth-order valence-electron chi connectivity index (χ4n) is 3.86. The first-order valence-electron chi connectivity index (χ1n) is 11.1. The summed E-state index contributed by atoms with van der Waals surface area (Å²) < 4.78 is 48.5. The van der Waals surface area contributed by atoms with E-state index in [1.807, 2.05) is 32.0 Å².